The molecule has 12 heavy (non-hydrogen) atoms. The summed E-state index contributed by atoms with van der Waals surface area (Å²) in [5.41, 5.74) is 0.539. The van der Waals surface area contributed by atoms with Crippen LogP contribution in [0.1, 0.15) is 33.6 Å². The van der Waals surface area contributed by atoms with Crippen LogP contribution < -0.4 is 0 Å². The van der Waals surface area contributed by atoms with E-state index in [0.29, 0.717) is 24.5 Å². The molecule has 0 aromatic heterocycles. The summed E-state index contributed by atoms with van der Waals surface area (Å²) in [7, 11) is 0. The van der Waals surface area contributed by atoms with Gasteiger partial charge in [0.15, 0.2) is 0 Å². The zero-order valence-electron chi connectivity index (χ0n) is 8.13. The fourth-order valence-electron chi connectivity index (χ4n) is 0.360. The first kappa shape index (κ1) is 13.9. The molecular formula is C9H19NO2. The summed E-state index contributed by atoms with van der Waals surface area (Å²) in [6.45, 7) is 5.83. The van der Waals surface area contributed by atoms with E-state index in [4.69, 9.17) is 10.5 Å². The van der Waals surface area contributed by atoms with Crippen LogP contribution in [0.15, 0.2) is 0 Å². The van der Waals surface area contributed by atoms with Crippen LogP contribution in [0.2, 0.25) is 0 Å². The first-order chi connectivity index (χ1) is 5.54. The fraction of sp³-hybridized carbons (Fsp3) is 0.778. The highest BCUT2D eigenvalue weighted by atomic mass is 16.3. The smallest absolute Gasteiger partial charge is 0.120 e. The summed E-state index contributed by atoms with van der Waals surface area (Å²) in [5.74, 6) is 0.530. The molecule has 0 amide bonds. The number of aliphatic hydroxyl groups is 1. The van der Waals surface area contributed by atoms with Gasteiger partial charge in [0.1, 0.15) is 6.29 Å². The standard InChI is InChI=1S/C5H10O.C4H9NO/c1-5(2)3-4-6;1-4(5)2-3-6/h4-5H,3H2,1-2H3;5-6H,2-3H2,1H3. The lowest BCUT2D eigenvalue weighted by molar-refractivity contribution is -0.108. The molecule has 0 saturated heterocycles. The van der Waals surface area contributed by atoms with Gasteiger partial charge in [-0.25, -0.2) is 0 Å². The van der Waals surface area contributed by atoms with Gasteiger partial charge < -0.3 is 15.3 Å². The molecule has 3 heteroatoms. The van der Waals surface area contributed by atoms with Crippen molar-refractivity contribution in [1.29, 1.82) is 5.41 Å². The molecule has 0 spiro atoms. The molecule has 0 bridgehead atoms. The van der Waals surface area contributed by atoms with Crippen LogP contribution in [0.5, 0.6) is 0 Å². The maximum atomic E-state index is 9.62. The lowest BCUT2D eigenvalue weighted by Gasteiger charge is -1.89. The topological polar surface area (TPSA) is 61.1 Å². The minimum absolute atomic E-state index is 0.106. The molecule has 0 aromatic rings. The molecule has 0 aliphatic heterocycles. The van der Waals surface area contributed by atoms with Gasteiger partial charge in [0.05, 0.1) is 0 Å². The molecule has 0 rings (SSSR count). The van der Waals surface area contributed by atoms with Gasteiger partial charge in [-0.1, -0.05) is 13.8 Å². The number of carbonyl (C=O) groups is 1. The van der Waals surface area contributed by atoms with E-state index in [9.17, 15) is 4.79 Å². The summed E-state index contributed by atoms with van der Waals surface area (Å²) in [6.07, 6.45) is 2.16. The van der Waals surface area contributed by atoms with Crippen molar-refractivity contribution in [2.24, 2.45) is 5.92 Å². The van der Waals surface area contributed by atoms with Crippen LogP contribution in [0.4, 0.5) is 0 Å². The Balaban J connectivity index is 0. The molecule has 72 valence electrons. The first-order valence-electron chi connectivity index (χ1n) is 4.13. The Morgan fingerprint density at radius 2 is 2.08 bits per heavy atom. The predicted octanol–water partition coefficient (Wildman–Crippen LogP) is 1.64. The Morgan fingerprint density at radius 1 is 1.58 bits per heavy atom. The highest BCUT2D eigenvalue weighted by Crippen LogP contribution is 1.92. The SMILES string of the molecule is CC(=N)CCO.CC(C)CC=O. The number of nitrogens with one attached hydrogen (secondary N) is 1. The summed E-state index contributed by atoms with van der Waals surface area (Å²) in [4.78, 5) is 9.62. The third-order valence-electron chi connectivity index (χ3n) is 1.05. The number of hydrogen-bond donors (Lipinski definition) is 2. The minimum Gasteiger partial charge on any atom is -0.396 e. The van der Waals surface area contributed by atoms with Crippen molar-refractivity contribution >= 4 is 12.0 Å². The van der Waals surface area contributed by atoms with E-state index in [0.717, 1.165) is 6.29 Å². The molecule has 0 saturated carbocycles. The maximum absolute atomic E-state index is 9.62. The van der Waals surface area contributed by atoms with Crippen molar-refractivity contribution in [2.45, 2.75) is 33.6 Å². The van der Waals surface area contributed by atoms with E-state index in [-0.39, 0.29) is 6.61 Å². The van der Waals surface area contributed by atoms with Gasteiger partial charge in [0.25, 0.3) is 0 Å². The maximum Gasteiger partial charge on any atom is 0.120 e. The van der Waals surface area contributed by atoms with Crippen molar-refractivity contribution in [2.75, 3.05) is 6.61 Å². The highest BCUT2D eigenvalue weighted by molar-refractivity contribution is 5.78. The molecule has 0 fully saturated rings. The van der Waals surface area contributed by atoms with Crippen molar-refractivity contribution in [3.8, 4) is 0 Å². The first-order valence-corrected chi connectivity index (χ1v) is 4.13. The van der Waals surface area contributed by atoms with Crippen LogP contribution >= 0.6 is 0 Å². The second-order valence-electron chi connectivity index (χ2n) is 3.05. The monoisotopic (exact) mass is 173 g/mol. The van der Waals surface area contributed by atoms with E-state index in [1.54, 1.807) is 6.92 Å². The van der Waals surface area contributed by atoms with E-state index in [1.807, 2.05) is 13.8 Å². The molecule has 0 unspecified atom stereocenters. The van der Waals surface area contributed by atoms with Crippen molar-refractivity contribution in [1.82, 2.24) is 0 Å². The van der Waals surface area contributed by atoms with Gasteiger partial charge in [0, 0.05) is 25.2 Å². The molecule has 0 aliphatic carbocycles. The van der Waals surface area contributed by atoms with E-state index >= 15 is 0 Å². The zero-order chi connectivity index (χ0) is 9.98. The summed E-state index contributed by atoms with van der Waals surface area (Å²) < 4.78 is 0. The van der Waals surface area contributed by atoms with Gasteiger partial charge in [0.2, 0.25) is 0 Å². The van der Waals surface area contributed by atoms with Crippen LogP contribution in [0.3, 0.4) is 0 Å². The molecule has 0 heterocycles. The van der Waals surface area contributed by atoms with Crippen LogP contribution in [0, 0.1) is 11.3 Å². The van der Waals surface area contributed by atoms with Gasteiger partial charge >= 0.3 is 0 Å². The summed E-state index contributed by atoms with van der Waals surface area (Å²) in [6, 6.07) is 0. The Kier molecular flexibility index (Phi) is 11.9. The molecule has 0 radical (unpaired) electrons. The minimum atomic E-state index is 0.106. The Morgan fingerprint density at radius 3 is 2.08 bits per heavy atom. The highest BCUT2D eigenvalue weighted by Gasteiger charge is 1.85. The summed E-state index contributed by atoms with van der Waals surface area (Å²) >= 11 is 0. The second-order valence-corrected chi connectivity index (χ2v) is 3.05. The normalized spacial score (nSPS) is 8.75. The average molecular weight is 173 g/mol. The lowest BCUT2D eigenvalue weighted by atomic mass is 10.2. The van der Waals surface area contributed by atoms with Crippen molar-refractivity contribution < 1.29 is 9.90 Å². The largest absolute Gasteiger partial charge is 0.396 e. The van der Waals surface area contributed by atoms with E-state index in [2.05, 4.69) is 0 Å². The lowest BCUT2D eigenvalue weighted by Crippen LogP contribution is -1.90. The Labute approximate surface area is 74.3 Å². The predicted molar refractivity (Wildman–Crippen MR) is 50.6 cm³/mol. The van der Waals surface area contributed by atoms with Crippen LogP contribution in [-0.4, -0.2) is 23.7 Å². The van der Waals surface area contributed by atoms with E-state index in [1.165, 1.54) is 0 Å². The zero-order valence-corrected chi connectivity index (χ0v) is 8.13. The molecule has 2 N–H and O–H groups in total. The molecular weight excluding hydrogens is 154 g/mol. The van der Waals surface area contributed by atoms with Gasteiger partial charge in [-0.3, -0.25) is 0 Å². The number of aldehydes is 1. The van der Waals surface area contributed by atoms with Gasteiger partial charge in [-0.2, -0.15) is 0 Å². The summed E-state index contributed by atoms with van der Waals surface area (Å²) in [5, 5.41) is 14.8. The Bertz CT molecular complexity index is 122. The molecule has 3 nitrogen and oxygen atoms in total. The van der Waals surface area contributed by atoms with Crippen LogP contribution in [-0.2, 0) is 4.79 Å². The van der Waals surface area contributed by atoms with Gasteiger partial charge in [-0.05, 0) is 12.8 Å². The number of rotatable bonds is 4. The van der Waals surface area contributed by atoms with Crippen molar-refractivity contribution in [3.05, 3.63) is 0 Å². The quantitative estimate of drug-likeness (QED) is 0.501. The van der Waals surface area contributed by atoms with Gasteiger partial charge in [-0.15, -0.1) is 0 Å². The second kappa shape index (κ2) is 10.3. The number of carbonyl (C=O) groups excluding carboxylic acids is 1. The van der Waals surface area contributed by atoms with Crippen LogP contribution in [0.25, 0.3) is 0 Å². The fourth-order valence-corrected chi connectivity index (χ4v) is 0.360. The third kappa shape index (κ3) is 22.8. The van der Waals surface area contributed by atoms with E-state index < -0.39 is 0 Å². The molecule has 0 aliphatic rings. The molecule has 0 aromatic carbocycles. The Hall–Kier alpha value is -0.700. The third-order valence-corrected chi connectivity index (χ3v) is 1.05. The van der Waals surface area contributed by atoms with Crippen molar-refractivity contribution in [3.63, 3.8) is 0 Å². The average Bonchev–Trinajstić information content (AvgIpc) is 1.87. The molecule has 0 atom stereocenters. The number of aliphatic hydroxyl groups excluding tert-OH is 1. The number of hydrogen-bond acceptors (Lipinski definition) is 3.